The summed E-state index contributed by atoms with van der Waals surface area (Å²) >= 11 is 0. The van der Waals surface area contributed by atoms with Crippen molar-refractivity contribution in [2.45, 2.75) is 65.9 Å². The molecule has 1 aliphatic rings. The van der Waals surface area contributed by atoms with E-state index in [4.69, 9.17) is 0 Å². The lowest BCUT2D eigenvalue weighted by Crippen LogP contribution is -2.30. The first-order valence-electron chi connectivity index (χ1n) is 7.76. The van der Waals surface area contributed by atoms with Gasteiger partial charge in [0.15, 0.2) is 0 Å². The molecular weight excluding hydrogens is 232 g/mol. The Hall–Kier alpha value is -0.820. The molecule has 106 valence electrons. The summed E-state index contributed by atoms with van der Waals surface area (Å²) in [4.78, 5) is 0. The molecule has 0 aliphatic heterocycles. The third-order valence-electron chi connectivity index (χ3n) is 4.93. The Bertz CT molecular complexity index is 412. The maximum absolute atomic E-state index is 10.3. The van der Waals surface area contributed by atoms with E-state index >= 15 is 0 Å². The maximum Gasteiger partial charge on any atom is 0.0571 e. The molecule has 1 N–H and O–H groups in total. The Labute approximate surface area is 118 Å². The largest absolute Gasteiger partial charge is 0.393 e. The molecule has 0 radical (unpaired) electrons. The van der Waals surface area contributed by atoms with Gasteiger partial charge >= 0.3 is 0 Å². The van der Waals surface area contributed by atoms with Crippen LogP contribution in [0.1, 0.15) is 54.9 Å². The van der Waals surface area contributed by atoms with Crippen molar-refractivity contribution in [1.29, 1.82) is 0 Å². The topological polar surface area (TPSA) is 20.2 Å². The lowest BCUT2D eigenvalue weighted by atomic mass is 9.75. The van der Waals surface area contributed by atoms with Gasteiger partial charge in [0, 0.05) is 0 Å². The molecule has 0 bridgehead atoms. The first-order valence-corrected chi connectivity index (χ1v) is 7.76. The number of aliphatic hydroxyl groups excluding tert-OH is 1. The van der Waals surface area contributed by atoms with E-state index in [9.17, 15) is 5.11 Å². The van der Waals surface area contributed by atoms with Gasteiger partial charge in [0.1, 0.15) is 0 Å². The molecule has 0 heterocycles. The predicted octanol–water partition coefficient (Wildman–Crippen LogP) is 4.34. The highest BCUT2D eigenvalue weighted by Gasteiger charge is 2.29. The van der Waals surface area contributed by atoms with Crippen LogP contribution >= 0.6 is 0 Å². The van der Waals surface area contributed by atoms with Crippen LogP contribution < -0.4 is 0 Å². The lowest BCUT2D eigenvalue weighted by Gasteiger charge is -2.33. The van der Waals surface area contributed by atoms with E-state index in [2.05, 4.69) is 39.8 Å². The average molecular weight is 260 g/mol. The molecule has 1 saturated carbocycles. The third-order valence-corrected chi connectivity index (χ3v) is 4.93. The second kappa shape index (κ2) is 6.09. The van der Waals surface area contributed by atoms with Crippen molar-refractivity contribution in [3.8, 4) is 0 Å². The molecule has 0 saturated heterocycles. The normalized spacial score (nSPS) is 27.5. The van der Waals surface area contributed by atoms with E-state index in [0.29, 0.717) is 5.92 Å². The highest BCUT2D eigenvalue weighted by molar-refractivity contribution is 5.37. The number of hydrogen-bond acceptors (Lipinski definition) is 1. The molecule has 2 rings (SSSR count). The summed E-state index contributed by atoms with van der Waals surface area (Å²) in [6.07, 6.45) is 5.62. The predicted molar refractivity (Wildman–Crippen MR) is 81.5 cm³/mol. The number of benzene rings is 1. The minimum atomic E-state index is -0.0945. The van der Waals surface area contributed by atoms with E-state index in [1.807, 2.05) is 0 Å². The molecule has 1 heteroatoms. The van der Waals surface area contributed by atoms with Gasteiger partial charge in [-0.15, -0.1) is 0 Å². The van der Waals surface area contributed by atoms with Crippen molar-refractivity contribution in [2.24, 2.45) is 11.8 Å². The van der Waals surface area contributed by atoms with Gasteiger partial charge in [0.2, 0.25) is 0 Å². The Morgan fingerprint density at radius 3 is 2.32 bits per heavy atom. The Kier molecular flexibility index (Phi) is 4.67. The van der Waals surface area contributed by atoms with Gasteiger partial charge in [0.05, 0.1) is 6.10 Å². The van der Waals surface area contributed by atoms with Gasteiger partial charge in [-0.05, 0) is 75.0 Å². The van der Waals surface area contributed by atoms with Crippen molar-refractivity contribution in [2.75, 3.05) is 0 Å². The molecule has 0 spiro atoms. The minimum Gasteiger partial charge on any atom is -0.393 e. The first-order chi connectivity index (χ1) is 9.01. The average Bonchev–Trinajstić information content (AvgIpc) is 2.35. The van der Waals surface area contributed by atoms with E-state index in [1.54, 1.807) is 0 Å². The molecule has 0 aromatic heterocycles. The van der Waals surface area contributed by atoms with Crippen LogP contribution in [0.25, 0.3) is 0 Å². The molecule has 3 atom stereocenters. The SMILES string of the molecule is CCC1CCC(O)C(Cc2c(C)cc(C)cc2C)C1. The highest BCUT2D eigenvalue weighted by Crippen LogP contribution is 2.34. The van der Waals surface area contributed by atoms with Gasteiger partial charge in [-0.2, -0.15) is 0 Å². The molecule has 1 aromatic rings. The molecule has 19 heavy (non-hydrogen) atoms. The van der Waals surface area contributed by atoms with Crippen molar-refractivity contribution in [3.05, 3.63) is 34.4 Å². The second-order valence-corrected chi connectivity index (χ2v) is 6.50. The van der Waals surface area contributed by atoms with Crippen LogP contribution in [-0.2, 0) is 6.42 Å². The maximum atomic E-state index is 10.3. The monoisotopic (exact) mass is 260 g/mol. The number of aliphatic hydroxyl groups is 1. The number of aryl methyl sites for hydroxylation is 3. The molecule has 1 aliphatic carbocycles. The molecule has 3 unspecified atom stereocenters. The van der Waals surface area contributed by atoms with Crippen LogP contribution in [0.5, 0.6) is 0 Å². The van der Waals surface area contributed by atoms with Gasteiger partial charge in [-0.1, -0.05) is 31.0 Å². The van der Waals surface area contributed by atoms with Crippen LogP contribution in [0, 0.1) is 32.6 Å². The summed E-state index contributed by atoms with van der Waals surface area (Å²) in [6, 6.07) is 4.55. The fourth-order valence-electron chi connectivity index (χ4n) is 3.73. The fourth-order valence-corrected chi connectivity index (χ4v) is 3.73. The molecular formula is C18H28O. The summed E-state index contributed by atoms with van der Waals surface area (Å²) in [5, 5.41) is 10.3. The van der Waals surface area contributed by atoms with Gasteiger partial charge in [-0.25, -0.2) is 0 Å². The molecule has 1 nitrogen and oxygen atoms in total. The number of hydrogen-bond donors (Lipinski definition) is 1. The summed E-state index contributed by atoms with van der Waals surface area (Å²) in [6.45, 7) is 8.86. The summed E-state index contributed by atoms with van der Waals surface area (Å²) in [5.74, 6) is 1.28. The third kappa shape index (κ3) is 3.39. The van der Waals surface area contributed by atoms with Crippen molar-refractivity contribution in [3.63, 3.8) is 0 Å². The van der Waals surface area contributed by atoms with E-state index in [1.165, 1.54) is 41.5 Å². The summed E-state index contributed by atoms with van der Waals surface area (Å²) in [5.41, 5.74) is 5.59. The zero-order valence-corrected chi connectivity index (χ0v) is 12.9. The lowest BCUT2D eigenvalue weighted by molar-refractivity contribution is 0.0473. The Balaban J connectivity index is 2.15. The van der Waals surface area contributed by atoms with Gasteiger partial charge < -0.3 is 5.11 Å². The van der Waals surface area contributed by atoms with Crippen molar-refractivity contribution in [1.82, 2.24) is 0 Å². The van der Waals surface area contributed by atoms with Gasteiger partial charge in [0.25, 0.3) is 0 Å². The van der Waals surface area contributed by atoms with Crippen LogP contribution in [0.15, 0.2) is 12.1 Å². The van der Waals surface area contributed by atoms with Crippen LogP contribution in [-0.4, -0.2) is 11.2 Å². The smallest absolute Gasteiger partial charge is 0.0571 e. The van der Waals surface area contributed by atoms with Crippen LogP contribution in [0.3, 0.4) is 0 Å². The van der Waals surface area contributed by atoms with Crippen molar-refractivity contribution < 1.29 is 5.11 Å². The zero-order chi connectivity index (χ0) is 14.0. The highest BCUT2D eigenvalue weighted by atomic mass is 16.3. The molecule has 1 fully saturated rings. The summed E-state index contributed by atoms with van der Waals surface area (Å²) in [7, 11) is 0. The van der Waals surface area contributed by atoms with Gasteiger partial charge in [-0.3, -0.25) is 0 Å². The second-order valence-electron chi connectivity index (χ2n) is 6.50. The summed E-state index contributed by atoms with van der Waals surface area (Å²) < 4.78 is 0. The standard InChI is InChI=1S/C18H28O/c1-5-15-6-7-18(19)16(10-15)11-17-13(3)8-12(2)9-14(17)4/h8-9,15-16,18-19H,5-7,10-11H2,1-4H3. The number of rotatable bonds is 3. The Morgan fingerprint density at radius 2 is 1.74 bits per heavy atom. The van der Waals surface area contributed by atoms with Crippen LogP contribution in [0.4, 0.5) is 0 Å². The van der Waals surface area contributed by atoms with Crippen molar-refractivity contribution >= 4 is 0 Å². The Morgan fingerprint density at radius 1 is 1.11 bits per heavy atom. The zero-order valence-electron chi connectivity index (χ0n) is 12.9. The van der Waals surface area contributed by atoms with E-state index in [0.717, 1.165) is 18.8 Å². The molecule has 0 amide bonds. The first kappa shape index (κ1) is 14.6. The van der Waals surface area contributed by atoms with Crippen LogP contribution in [0.2, 0.25) is 0 Å². The fraction of sp³-hybridized carbons (Fsp3) is 0.667. The quantitative estimate of drug-likeness (QED) is 0.857. The molecule has 1 aromatic carbocycles. The van der Waals surface area contributed by atoms with E-state index in [-0.39, 0.29) is 6.10 Å². The minimum absolute atomic E-state index is 0.0945. The van der Waals surface area contributed by atoms with E-state index < -0.39 is 0 Å².